The Morgan fingerprint density at radius 3 is 3.00 bits per heavy atom. The molecule has 70 valence electrons. The first kappa shape index (κ1) is 9.75. The highest BCUT2D eigenvalue weighted by Crippen LogP contribution is 2.36. The van der Waals surface area contributed by atoms with Gasteiger partial charge in [-0.15, -0.1) is 6.58 Å². The molecule has 1 rings (SSSR count). The first-order chi connectivity index (χ1) is 6.18. The number of aliphatic hydroxyl groups excluding tert-OH is 1. The molecule has 0 aromatic carbocycles. The van der Waals surface area contributed by atoms with Crippen molar-refractivity contribution in [2.75, 3.05) is 6.61 Å². The van der Waals surface area contributed by atoms with Crippen LogP contribution in [0.2, 0.25) is 0 Å². The SMILES string of the molecule is C=CCC1(C#N)CC(CO)OC1=O. The van der Waals surface area contributed by atoms with Gasteiger partial charge in [0.05, 0.1) is 12.7 Å². The van der Waals surface area contributed by atoms with E-state index in [-0.39, 0.29) is 19.4 Å². The normalized spacial score (nSPS) is 32.3. The molecule has 0 radical (unpaired) electrons. The summed E-state index contributed by atoms with van der Waals surface area (Å²) in [7, 11) is 0. The van der Waals surface area contributed by atoms with Crippen LogP contribution in [0.15, 0.2) is 12.7 Å². The Balaban J connectivity index is 2.83. The lowest BCUT2D eigenvalue weighted by Gasteiger charge is -2.11. The molecule has 1 N–H and O–H groups in total. The second-order valence-electron chi connectivity index (χ2n) is 3.10. The van der Waals surface area contributed by atoms with Crippen molar-refractivity contribution in [3.05, 3.63) is 12.7 Å². The number of rotatable bonds is 3. The lowest BCUT2D eigenvalue weighted by molar-refractivity contribution is -0.147. The minimum absolute atomic E-state index is 0.230. The minimum Gasteiger partial charge on any atom is -0.459 e. The second kappa shape index (κ2) is 3.58. The molecule has 13 heavy (non-hydrogen) atoms. The molecule has 4 heteroatoms. The van der Waals surface area contributed by atoms with E-state index in [0.29, 0.717) is 0 Å². The number of hydrogen-bond acceptors (Lipinski definition) is 4. The van der Waals surface area contributed by atoms with E-state index in [0.717, 1.165) is 0 Å². The number of nitriles is 1. The third kappa shape index (κ3) is 1.56. The molecule has 1 aliphatic heterocycles. The molecule has 1 saturated heterocycles. The van der Waals surface area contributed by atoms with E-state index in [1.165, 1.54) is 6.08 Å². The zero-order valence-electron chi connectivity index (χ0n) is 7.19. The standard InChI is InChI=1S/C9H11NO3/c1-2-3-9(6-10)4-7(5-11)13-8(9)12/h2,7,11H,1,3-5H2. The van der Waals surface area contributed by atoms with Gasteiger partial charge in [0.25, 0.3) is 0 Å². The fourth-order valence-electron chi connectivity index (χ4n) is 1.43. The Kier molecular flexibility index (Phi) is 2.69. The average molecular weight is 181 g/mol. The van der Waals surface area contributed by atoms with Gasteiger partial charge in [-0.3, -0.25) is 4.79 Å². The summed E-state index contributed by atoms with van der Waals surface area (Å²) >= 11 is 0. The Bertz CT molecular complexity index is 269. The topological polar surface area (TPSA) is 70.3 Å². The van der Waals surface area contributed by atoms with Crippen molar-refractivity contribution < 1.29 is 14.6 Å². The van der Waals surface area contributed by atoms with Crippen molar-refractivity contribution in [1.29, 1.82) is 5.26 Å². The molecule has 4 nitrogen and oxygen atoms in total. The average Bonchev–Trinajstić information content (AvgIpc) is 2.45. The van der Waals surface area contributed by atoms with E-state index in [1.54, 1.807) is 0 Å². The van der Waals surface area contributed by atoms with Crippen LogP contribution in [0, 0.1) is 16.7 Å². The summed E-state index contributed by atoms with van der Waals surface area (Å²) in [5, 5.41) is 17.6. The highest BCUT2D eigenvalue weighted by molar-refractivity contribution is 5.82. The van der Waals surface area contributed by atoms with Gasteiger partial charge in [-0.2, -0.15) is 5.26 Å². The maximum atomic E-state index is 11.3. The van der Waals surface area contributed by atoms with Gasteiger partial charge < -0.3 is 9.84 Å². The Morgan fingerprint density at radius 2 is 2.62 bits per heavy atom. The van der Waals surface area contributed by atoms with E-state index in [2.05, 4.69) is 6.58 Å². The van der Waals surface area contributed by atoms with Crippen LogP contribution < -0.4 is 0 Å². The zero-order valence-corrected chi connectivity index (χ0v) is 7.19. The Labute approximate surface area is 76.4 Å². The Hall–Kier alpha value is -1.34. The van der Waals surface area contributed by atoms with E-state index in [4.69, 9.17) is 15.1 Å². The third-order valence-electron chi connectivity index (χ3n) is 2.15. The van der Waals surface area contributed by atoms with Crippen LogP contribution in [0.25, 0.3) is 0 Å². The molecule has 0 amide bonds. The van der Waals surface area contributed by atoms with Gasteiger partial charge in [0.1, 0.15) is 6.10 Å². The number of cyclic esters (lactones) is 1. The predicted octanol–water partition coefficient (Wildman–Crippen LogP) is 0.380. The first-order valence-corrected chi connectivity index (χ1v) is 4.02. The molecule has 1 heterocycles. The lowest BCUT2D eigenvalue weighted by atomic mass is 9.83. The molecule has 1 fully saturated rings. The number of ether oxygens (including phenoxy) is 1. The molecule has 0 aromatic rings. The van der Waals surface area contributed by atoms with Crippen LogP contribution >= 0.6 is 0 Å². The largest absolute Gasteiger partial charge is 0.459 e. The van der Waals surface area contributed by atoms with Crippen LogP contribution in [0.3, 0.4) is 0 Å². The maximum absolute atomic E-state index is 11.3. The number of aliphatic hydroxyl groups is 1. The van der Waals surface area contributed by atoms with Gasteiger partial charge in [-0.1, -0.05) is 6.08 Å². The van der Waals surface area contributed by atoms with E-state index in [9.17, 15) is 4.79 Å². The lowest BCUT2D eigenvalue weighted by Crippen LogP contribution is -2.23. The molecule has 0 aliphatic carbocycles. The van der Waals surface area contributed by atoms with E-state index >= 15 is 0 Å². The van der Waals surface area contributed by atoms with Crippen molar-refractivity contribution in [3.63, 3.8) is 0 Å². The summed E-state index contributed by atoms with van der Waals surface area (Å²) < 4.78 is 4.81. The molecule has 0 saturated carbocycles. The molecule has 0 aromatic heterocycles. The molecule has 0 bridgehead atoms. The summed E-state index contributed by atoms with van der Waals surface area (Å²) in [6, 6.07) is 1.94. The fraction of sp³-hybridized carbons (Fsp3) is 0.556. The van der Waals surface area contributed by atoms with Gasteiger partial charge in [0.15, 0.2) is 5.41 Å². The van der Waals surface area contributed by atoms with Gasteiger partial charge in [0.2, 0.25) is 0 Å². The van der Waals surface area contributed by atoms with Crippen molar-refractivity contribution in [3.8, 4) is 6.07 Å². The van der Waals surface area contributed by atoms with Gasteiger partial charge in [0, 0.05) is 6.42 Å². The molecule has 0 spiro atoms. The highest BCUT2D eigenvalue weighted by Gasteiger charge is 2.48. The first-order valence-electron chi connectivity index (χ1n) is 4.02. The van der Waals surface area contributed by atoms with Crippen molar-refractivity contribution in [1.82, 2.24) is 0 Å². The summed E-state index contributed by atoms with van der Waals surface area (Å²) in [5.74, 6) is -0.547. The summed E-state index contributed by atoms with van der Waals surface area (Å²) in [6.07, 6.45) is 1.51. The van der Waals surface area contributed by atoms with Gasteiger partial charge >= 0.3 is 5.97 Å². The van der Waals surface area contributed by atoms with Gasteiger partial charge in [-0.25, -0.2) is 0 Å². The summed E-state index contributed by atoms with van der Waals surface area (Å²) in [4.78, 5) is 11.3. The van der Waals surface area contributed by atoms with E-state index < -0.39 is 17.5 Å². The fourth-order valence-corrected chi connectivity index (χ4v) is 1.43. The maximum Gasteiger partial charge on any atom is 0.327 e. The number of carbonyl (C=O) groups excluding carboxylic acids is 1. The summed E-state index contributed by atoms with van der Waals surface area (Å²) in [6.45, 7) is 3.25. The number of carbonyl (C=O) groups is 1. The van der Waals surface area contributed by atoms with E-state index in [1.807, 2.05) is 6.07 Å². The van der Waals surface area contributed by atoms with Crippen molar-refractivity contribution >= 4 is 5.97 Å². The molecular weight excluding hydrogens is 170 g/mol. The van der Waals surface area contributed by atoms with Crippen LogP contribution in [0.1, 0.15) is 12.8 Å². The van der Waals surface area contributed by atoms with Crippen LogP contribution in [-0.2, 0) is 9.53 Å². The smallest absolute Gasteiger partial charge is 0.327 e. The number of allylic oxidation sites excluding steroid dienone is 1. The quantitative estimate of drug-likeness (QED) is 0.504. The molecule has 1 aliphatic rings. The number of nitrogens with zero attached hydrogens (tertiary/aromatic N) is 1. The van der Waals surface area contributed by atoms with Crippen molar-refractivity contribution in [2.45, 2.75) is 18.9 Å². The minimum atomic E-state index is -1.12. The monoisotopic (exact) mass is 181 g/mol. The molecular formula is C9H11NO3. The van der Waals surface area contributed by atoms with Crippen LogP contribution in [0.4, 0.5) is 0 Å². The third-order valence-corrected chi connectivity index (χ3v) is 2.15. The molecule has 2 unspecified atom stereocenters. The van der Waals surface area contributed by atoms with Crippen molar-refractivity contribution in [2.24, 2.45) is 5.41 Å². The highest BCUT2D eigenvalue weighted by atomic mass is 16.6. The predicted molar refractivity (Wildman–Crippen MR) is 44.4 cm³/mol. The van der Waals surface area contributed by atoms with Gasteiger partial charge in [-0.05, 0) is 6.42 Å². The molecule has 2 atom stereocenters. The van der Waals surface area contributed by atoms with Crippen LogP contribution in [-0.4, -0.2) is 23.8 Å². The summed E-state index contributed by atoms with van der Waals surface area (Å²) in [5.41, 5.74) is -1.12. The number of esters is 1. The Morgan fingerprint density at radius 1 is 1.92 bits per heavy atom. The van der Waals surface area contributed by atoms with Crippen LogP contribution in [0.5, 0.6) is 0 Å². The zero-order chi connectivity index (χ0) is 9.90. The second-order valence-corrected chi connectivity index (χ2v) is 3.10. The number of hydrogen-bond donors (Lipinski definition) is 1.